The number of nitrogens with zero attached hydrogens (tertiary/aromatic N) is 1. The second-order valence-electron chi connectivity index (χ2n) is 3.12. The van der Waals surface area contributed by atoms with Gasteiger partial charge in [-0.3, -0.25) is 14.9 Å². The molecule has 0 aliphatic heterocycles. The Morgan fingerprint density at radius 2 is 2.25 bits per heavy atom. The number of nitrogens with two attached hydrogens (primary N) is 1. The zero-order valence-corrected chi connectivity index (χ0v) is 8.78. The smallest absolute Gasteiger partial charge is 0.304 e. The van der Waals surface area contributed by atoms with Gasteiger partial charge < -0.3 is 5.73 Å². The molecule has 1 amide bonds. The van der Waals surface area contributed by atoms with E-state index >= 15 is 0 Å². The van der Waals surface area contributed by atoms with E-state index in [0.717, 1.165) is 12.1 Å². The third-order valence-corrected chi connectivity index (χ3v) is 2.30. The van der Waals surface area contributed by atoms with Crippen LogP contribution in [0.1, 0.15) is 5.56 Å². The Bertz CT molecular complexity index is 439. The Morgan fingerprint density at radius 1 is 1.62 bits per heavy atom. The van der Waals surface area contributed by atoms with Crippen molar-refractivity contribution in [3.63, 3.8) is 0 Å². The van der Waals surface area contributed by atoms with Crippen LogP contribution >= 0.6 is 11.6 Å². The lowest BCUT2D eigenvalue weighted by molar-refractivity contribution is -0.387. The van der Waals surface area contributed by atoms with Gasteiger partial charge in [0.2, 0.25) is 11.7 Å². The zero-order valence-electron chi connectivity index (χ0n) is 8.02. The van der Waals surface area contributed by atoms with E-state index in [-0.39, 0.29) is 6.42 Å². The highest BCUT2D eigenvalue weighted by atomic mass is 35.5. The van der Waals surface area contributed by atoms with Crippen LogP contribution in [0.3, 0.4) is 0 Å². The van der Waals surface area contributed by atoms with Crippen molar-refractivity contribution in [2.75, 3.05) is 0 Å². The van der Waals surface area contributed by atoms with E-state index in [2.05, 4.69) is 0 Å². The summed E-state index contributed by atoms with van der Waals surface area (Å²) < 4.78 is 13.2. The minimum absolute atomic E-state index is 0.0335. The van der Waals surface area contributed by atoms with Crippen molar-refractivity contribution >= 4 is 23.2 Å². The first-order chi connectivity index (χ1) is 7.41. The number of alkyl halides is 1. The molecule has 0 aliphatic carbocycles. The van der Waals surface area contributed by atoms with Crippen LogP contribution in [0.15, 0.2) is 18.2 Å². The van der Waals surface area contributed by atoms with E-state index in [1.54, 1.807) is 0 Å². The Morgan fingerprint density at radius 3 is 2.69 bits per heavy atom. The predicted octanol–water partition coefficient (Wildman–Crippen LogP) is 1.37. The summed E-state index contributed by atoms with van der Waals surface area (Å²) >= 11 is 5.57. The molecule has 0 saturated carbocycles. The summed E-state index contributed by atoms with van der Waals surface area (Å²) in [6, 6.07) is 3.32. The molecule has 0 radical (unpaired) electrons. The summed E-state index contributed by atoms with van der Waals surface area (Å²) in [5, 5.41) is 9.37. The fourth-order valence-electron chi connectivity index (χ4n) is 1.13. The van der Waals surface area contributed by atoms with E-state index in [4.69, 9.17) is 17.3 Å². The number of carbonyl (C=O) groups is 1. The largest absolute Gasteiger partial charge is 0.368 e. The summed E-state index contributed by atoms with van der Waals surface area (Å²) in [4.78, 5) is 20.2. The van der Waals surface area contributed by atoms with Gasteiger partial charge in [-0.1, -0.05) is 6.07 Å². The van der Waals surface area contributed by atoms with Crippen LogP contribution < -0.4 is 5.73 Å². The molecule has 5 nitrogen and oxygen atoms in total. The Hall–Kier alpha value is -1.69. The fourth-order valence-corrected chi connectivity index (χ4v) is 1.31. The number of benzene rings is 1. The summed E-state index contributed by atoms with van der Waals surface area (Å²) in [6.07, 6.45) is 0.0335. The first kappa shape index (κ1) is 12.4. The molecule has 0 aromatic heterocycles. The SMILES string of the molecule is NC(=O)C(Cl)Cc1ccc([N+](=O)[O-])c(F)c1. The number of hydrogen-bond donors (Lipinski definition) is 1. The van der Waals surface area contributed by atoms with Crippen LogP contribution in [0.4, 0.5) is 10.1 Å². The van der Waals surface area contributed by atoms with Crippen LogP contribution in [0, 0.1) is 15.9 Å². The van der Waals surface area contributed by atoms with E-state index < -0.39 is 27.7 Å². The number of amides is 1. The lowest BCUT2D eigenvalue weighted by Crippen LogP contribution is -2.25. The maximum Gasteiger partial charge on any atom is 0.304 e. The number of nitro groups is 1. The van der Waals surface area contributed by atoms with Gasteiger partial charge in [0, 0.05) is 6.07 Å². The van der Waals surface area contributed by atoms with Crippen molar-refractivity contribution in [1.29, 1.82) is 0 Å². The molecule has 0 aliphatic rings. The van der Waals surface area contributed by atoms with Gasteiger partial charge in [-0.15, -0.1) is 11.6 Å². The molecule has 1 unspecified atom stereocenters. The van der Waals surface area contributed by atoms with Crippen LogP contribution in [-0.4, -0.2) is 16.2 Å². The van der Waals surface area contributed by atoms with Crippen molar-refractivity contribution in [2.24, 2.45) is 5.73 Å². The Kier molecular flexibility index (Phi) is 3.78. The normalized spacial score (nSPS) is 12.1. The maximum atomic E-state index is 13.2. The van der Waals surface area contributed by atoms with Crippen LogP contribution in [0.25, 0.3) is 0 Å². The average molecular weight is 247 g/mol. The molecule has 16 heavy (non-hydrogen) atoms. The first-order valence-corrected chi connectivity index (χ1v) is 4.71. The average Bonchev–Trinajstić information content (AvgIpc) is 2.16. The number of rotatable bonds is 4. The minimum atomic E-state index is -0.962. The molecule has 1 aromatic carbocycles. The molecular formula is C9H8ClFN2O3. The monoisotopic (exact) mass is 246 g/mol. The Labute approximate surface area is 95.1 Å². The third-order valence-electron chi connectivity index (χ3n) is 1.93. The number of nitro benzene ring substituents is 1. The van der Waals surface area contributed by atoms with E-state index in [1.165, 1.54) is 6.07 Å². The van der Waals surface area contributed by atoms with Crippen LogP contribution in [0.2, 0.25) is 0 Å². The lowest BCUT2D eigenvalue weighted by Gasteiger charge is -2.05. The molecular weight excluding hydrogens is 239 g/mol. The molecule has 2 N–H and O–H groups in total. The number of primary amides is 1. The van der Waals surface area contributed by atoms with Gasteiger partial charge in [0.25, 0.3) is 0 Å². The highest BCUT2D eigenvalue weighted by Crippen LogP contribution is 2.19. The van der Waals surface area contributed by atoms with Crippen molar-refractivity contribution in [3.8, 4) is 0 Å². The van der Waals surface area contributed by atoms with Crippen LogP contribution in [-0.2, 0) is 11.2 Å². The standard InChI is InChI=1S/C9H8ClFN2O3/c10-6(9(12)14)3-5-1-2-8(13(15)16)7(11)4-5/h1-2,4,6H,3H2,(H2,12,14). The number of carbonyl (C=O) groups excluding carboxylic acids is 1. The van der Waals surface area contributed by atoms with Crippen molar-refractivity contribution < 1.29 is 14.1 Å². The van der Waals surface area contributed by atoms with Gasteiger partial charge in [-0.05, 0) is 18.1 Å². The lowest BCUT2D eigenvalue weighted by atomic mass is 10.1. The molecule has 1 rings (SSSR count). The summed E-state index contributed by atoms with van der Waals surface area (Å²) in [7, 11) is 0. The van der Waals surface area contributed by atoms with Crippen LogP contribution in [0.5, 0.6) is 0 Å². The zero-order chi connectivity index (χ0) is 12.3. The van der Waals surface area contributed by atoms with E-state index in [9.17, 15) is 19.3 Å². The maximum absolute atomic E-state index is 13.2. The number of halogens is 2. The van der Waals surface area contributed by atoms with Crippen molar-refractivity contribution in [1.82, 2.24) is 0 Å². The molecule has 7 heteroatoms. The minimum Gasteiger partial charge on any atom is -0.368 e. The molecule has 0 fully saturated rings. The quantitative estimate of drug-likeness (QED) is 0.494. The van der Waals surface area contributed by atoms with Crippen molar-refractivity contribution in [3.05, 3.63) is 39.7 Å². The summed E-state index contributed by atoms with van der Waals surface area (Å²) in [5.41, 5.74) is 4.69. The topological polar surface area (TPSA) is 86.2 Å². The van der Waals surface area contributed by atoms with Gasteiger partial charge in [-0.25, -0.2) is 0 Å². The van der Waals surface area contributed by atoms with Gasteiger partial charge in [0.05, 0.1) is 4.92 Å². The predicted molar refractivity (Wildman–Crippen MR) is 55.6 cm³/mol. The second-order valence-corrected chi connectivity index (χ2v) is 3.64. The fraction of sp³-hybridized carbons (Fsp3) is 0.222. The second kappa shape index (κ2) is 4.89. The Balaban J connectivity index is 2.89. The molecule has 0 heterocycles. The highest BCUT2D eigenvalue weighted by molar-refractivity contribution is 6.30. The molecule has 86 valence electrons. The molecule has 1 atom stereocenters. The molecule has 0 bridgehead atoms. The van der Waals surface area contributed by atoms with E-state index in [0.29, 0.717) is 5.56 Å². The van der Waals surface area contributed by atoms with Gasteiger partial charge in [-0.2, -0.15) is 4.39 Å². The highest BCUT2D eigenvalue weighted by Gasteiger charge is 2.17. The molecule has 1 aromatic rings. The number of hydrogen-bond acceptors (Lipinski definition) is 3. The molecule has 0 spiro atoms. The van der Waals surface area contributed by atoms with Gasteiger partial charge in [0.1, 0.15) is 5.38 Å². The molecule has 0 saturated heterocycles. The van der Waals surface area contributed by atoms with Crippen molar-refractivity contribution in [2.45, 2.75) is 11.8 Å². The third kappa shape index (κ3) is 2.90. The first-order valence-electron chi connectivity index (χ1n) is 4.28. The summed E-state index contributed by atoms with van der Waals surface area (Å²) in [5.74, 6) is -1.68. The summed E-state index contributed by atoms with van der Waals surface area (Å²) in [6.45, 7) is 0. The van der Waals surface area contributed by atoms with E-state index in [1.807, 2.05) is 0 Å². The van der Waals surface area contributed by atoms with Gasteiger partial charge in [0.15, 0.2) is 0 Å². The van der Waals surface area contributed by atoms with Gasteiger partial charge >= 0.3 is 5.69 Å².